The van der Waals surface area contributed by atoms with Crippen molar-refractivity contribution in [2.75, 3.05) is 0 Å². The molecule has 0 fully saturated rings. The van der Waals surface area contributed by atoms with Gasteiger partial charge in [-0.3, -0.25) is 0 Å². The molecule has 0 aliphatic heterocycles. The summed E-state index contributed by atoms with van der Waals surface area (Å²) in [4.78, 5) is 2.61. The Bertz CT molecular complexity index is 1290. The Morgan fingerprint density at radius 3 is 1.64 bits per heavy atom. The van der Waals surface area contributed by atoms with E-state index in [1.165, 1.54) is 88.8 Å². The maximum atomic E-state index is 3.62. The van der Waals surface area contributed by atoms with Crippen LogP contribution < -0.4 is 0 Å². The summed E-state index contributed by atoms with van der Waals surface area (Å²) in [5.41, 5.74) is 5.28. The van der Waals surface area contributed by atoms with E-state index in [4.69, 9.17) is 0 Å². The van der Waals surface area contributed by atoms with E-state index in [-0.39, 0.29) is 0 Å². The molecule has 0 spiro atoms. The van der Waals surface area contributed by atoms with Gasteiger partial charge in [-0.25, -0.2) is 0 Å². The molecule has 2 aromatic carbocycles. The molecule has 0 aliphatic rings. The van der Waals surface area contributed by atoms with E-state index in [2.05, 4.69) is 104 Å². The molecule has 3 heterocycles. The molecule has 3 aromatic heterocycles. The van der Waals surface area contributed by atoms with Gasteiger partial charge in [0.1, 0.15) is 0 Å². The van der Waals surface area contributed by atoms with Crippen molar-refractivity contribution in [3.63, 3.8) is 0 Å². The van der Waals surface area contributed by atoms with Crippen LogP contribution >= 0.6 is 54.5 Å². The quantitative estimate of drug-likeness (QED) is 0.148. The Balaban J connectivity index is 1.57. The lowest BCUT2D eigenvalue weighted by molar-refractivity contribution is 0.571. The Labute approximate surface area is 220 Å². The lowest BCUT2D eigenvalue weighted by atomic mass is 10.1. The summed E-state index contributed by atoms with van der Waals surface area (Å²) < 4.78 is 4.90. The highest BCUT2D eigenvalue weighted by molar-refractivity contribution is 9.11. The lowest BCUT2D eigenvalue weighted by Gasteiger charge is -2.08. The molecule has 1 nitrogen and oxygen atoms in total. The number of thiophene rings is 2. The second-order valence-electron chi connectivity index (χ2n) is 8.59. The number of aryl methyl sites for hydroxylation is 1. The third-order valence-electron chi connectivity index (χ3n) is 6.32. The second kappa shape index (κ2) is 10.5. The zero-order chi connectivity index (χ0) is 22.8. The summed E-state index contributed by atoms with van der Waals surface area (Å²) in [6, 6.07) is 22.7. The first kappa shape index (κ1) is 23.3. The van der Waals surface area contributed by atoms with Gasteiger partial charge in [-0.05, 0) is 97.9 Å². The number of halogens is 2. The van der Waals surface area contributed by atoms with Crippen LogP contribution in [0.1, 0.15) is 45.4 Å². The standard InChI is InChI=1S/C28H27Br2NS2/c1-2-3-4-5-6-7-16-31-23-10-8-19(25-12-14-27(29)32-25)17-21(23)22-18-20(9-11-24(22)31)26-13-15-28(30)33-26/h8-15,17-18H,2-7,16H2,1H3. The third-order valence-corrected chi connectivity index (χ3v) is 9.66. The number of unbranched alkanes of at least 4 members (excludes halogenated alkanes) is 5. The normalized spacial score (nSPS) is 11.7. The summed E-state index contributed by atoms with van der Waals surface area (Å²) >= 11 is 10.8. The molecule has 0 saturated heterocycles. The van der Waals surface area contributed by atoms with Crippen molar-refractivity contribution in [2.45, 2.75) is 52.0 Å². The summed E-state index contributed by atoms with van der Waals surface area (Å²) in [6.07, 6.45) is 7.92. The minimum Gasteiger partial charge on any atom is -0.340 e. The monoisotopic (exact) mass is 599 g/mol. The molecule has 0 unspecified atom stereocenters. The minimum absolute atomic E-state index is 1.08. The maximum absolute atomic E-state index is 3.62. The van der Waals surface area contributed by atoms with Gasteiger partial charge in [0, 0.05) is 38.1 Å². The van der Waals surface area contributed by atoms with Gasteiger partial charge in [0.05, 0.1) is 7.57 Å². The predicted molar refractivity (Wildman–Crippen MR) is 155 cm³/mol. The highest BCUT2D eigenvalue weighted by atomic mass is 79.9. The van der Waals surface area contributed by atoms with E-state index >= 15 is 0 Å². The summed E-state index contributed by atoms with van der Waals surface area (Å²) in [6.45, 7) is 3.37. The van der Waals surface area contributed by atoms with Crippen LogP contribution in [0.2, 0.25) is 0 Å². The number of fused-ring (bicyclic) bond motifs is 3. The first-order valence-corrected chi connectivity index (χ1v) is 14.9. The smallest absolute Gasteiger partial charge is 0.0705 e. The van der Waals surface area contributed by atoms with Crippen molar-refractivity contribution < 1.29 is 0 Å². The molecule has 0 N–H and O–H groups in total. The van der Waals surface area contributed by atoms with E-state index in [1.54, 1.807) is 22.7 Å². The number of benzene rings is 2. The van der Waals surface area contributed by atoms with Crippen molar-refractivity contribution >= 4 is 76.3 Å². The molecule has 5 heteroatoms. The zero-order valence-electron chi connectivity index (χ0n) is 18.7. The lowest BCUT2D eigenvalue weighted by Crippen LogP contribution is -1.97. The first-order chi connectivity index (χ1) is 16.1. The molecule has 0 aliphatic carbocycles. The number of aromatic nitrogens is 1. The fraction of sp³-hybridized carbons (Fsp3) is 0.286. The minimum atomic E-state index is 1.08. The van der Waals surface area contributed by atoms with Crippen LogP contribution in [0, 0.1) is 0 Å². The average molecular weight is 601 g/mol. The molecule has 0 amide bonds. The maximum Gasteiger partial charge on any atom is 0.0705 e. The molecule has 5 aromatic rings. The Morgan fingerprint density at radius 2 is 1.15 bits per heavy atom. The van der Waals surface area contributed by atoms with Gasteiger partial charge in [0.15, 0.2) is 0 Å². The molecule has 170 valence electrons. The Kier molecular flexibility index (Phi) is 7.41. The van der Waals surface area contributed by atoms with E-state index < -0.39 is 0 Å². The van der Waals surface area contributed by atoms with Gasteiger partial charge >= 0.3 is 0 Å². The van der Waals surface area contributed by atoms with Gasteiger partial charge in [-0.15, -0.1) is 22.7 Å². The van der Waals surface area contributed by atoms with E-state index in [9.17, 15) is 0 Å². The second-order valence-corrected chi connectivity index (χ2v) is 13.5. The molecule has 33 heavy (non-hydrogen) atoms. The summed E-state index contributed by atoms with van der Waals surface area (Å²) in [7, 11) is 0. The third kappa shape index (κ3) is 5.02. The van der Waals surface area contributed by atoms with Gasteiger partial charge in [-0.1, -0.05) is 51.2 Å². The number of hydrogen-bond donors (Lipinski definition) is 0. The van der Waals surface area contributed by atoms with Crippen LogP contribution in [0.15, 0.2) is 68.2 Å². The molecule has 0 atom stereocenters. The number of rotatable bonds is 9. The largest absolute Gasteiger partial charge is 0.340 e. The van der Waals surface area contributed by atoms with Crippen molar-refractivity contribution in [3.8, 4) is 20.9 Å². The fourth-order valence-corrected chi connectivity index (χ4v) is 7.41. The van der Waals surface area contributed by atoms with Crippen LogP contribution in [0.5, 0.6) is 0 Å². The van der Waals surface area contributed by atoms with Crippen molar-refractivity contribution in [2.24, 2.45) is 0 Å². The first-order valence-electron chi connectivity index (χ1n) is 11.7. The fourth-order valence-electron chi connectivity index (χ4n) is 4.64. The van der Waals surface area contributed by atoms with Gasteiger partial charge in [0.25, 0.3) is 0 Å². The number of nitrogens with zero attached hydrogens (tertiary/aromatic N) is 1. The zero-order valence-corrected chi connectivity index (χ0v) is 23.5. The van der Waals surface area contributed by atoms with Crippen LogP contribution in [-0.4, -0.2) is 4.57 Å². The molecule has 5 rings (SSSR count). The Hall–Kier alpha value is -1.40. The van der Waals surface area contributed by atoms with Crippen LogP contribution in [-0.2, 0) is 6.54 Å². The van der Waals surface area contributed by atoms with Crippen LogP contribution in [0.25, 0.3) is 42.7 Å². The van der Waals surface area contributed by atoms with Crippen molar-refractivity contribution in [1.82, 2.24) is 4.57 Å². The van der Waals surface area contributed by atoms with E-state index in [0.29, 0.717) is 0 Å². The van der Waals surface area contributed by atoms with E-state index in [0.717, 1.165) is 6.54 Å². The molecule has 0 saturated carbocycles. The Morgan fingerprint density at radius 1 is 0.636 bits per heavy atom. The van der Waals surface area contributed by atoms with Crippen molar-refractivity contribution in [3.05, 3.63) is 68.2 Å². The van der Waals surface area contributed by atoms with Gasteiger partial charge in [-0.2, -0.15) is 0 Å². The molecular weight excluding hydrogens is 574 g/mol. The summed E-state index contributed by atoms with van der Waals surface area (Å²) in [5, 5.41) is 2.71. The molecule has 0 radical (unpaired) electrons. The van der Waals surface area contributed by atoms with E-state index in [1.807, 2.05) is 0 Å². The van der Waals surface area contributed by atoms with Gasteiger partial charge < -0.3 is 4.57 Å². The SMILES string of the molecule is CCCCCCCCn1c2ccc(-c3ccc(Br)s3)cc2c2cc(-c3ccc(Br)s3)ccc21. The highest BCUT2D eigenvalue weighted by Gasteiger charge is 2.14. The summed E-state index contributed by atoms with van der Waals surface area (Å²) in [5.74, 6) is 0. The topological polar surface area (TPSA) is 4.93 Å². The van der Waals surface area contributed by atoms with Crippen LogP contribution in [0.3, 0.4) is 0 Å². The highest BCUT2D eigenvalue weighted by Crippen LogP contribution is 2.39. The van der Waals surface area contributed by atoms with Gasteiger partial charge in [0.2, 0.25) is 0 Å². The van der Waals surface area contributed by atoms with Crippen LogP contribution in [0.4, 0.5) is 0 Å². The van der Waals surface area contributed by atoms with Crippen molar-refractivity contribution in [1.29, 1.82) is 0 Å². The molecule has 0 bridgehead atoms. The number of hydrogen-bond acceptors (Lipinski definition) is 2. The average Bonchev–Trinajstić information content (AvgIpc) is 3.53. The molecular formula is C28H27Br2NS2. The predicted octanol–water partition coefficient (Wildman–Crippen LogP) is 11.1.